The number of nitrogens with one attached hydrogen (secondary N) is 1. The second kappa shape index (κ2) is 11.7. The number of H-pyrrole nitrogens is 1. The van der Waals surface area contributed by atoms with Crippen LogP contribution in [0.4, 0.5) is 30.7 Å². The molecule has 0 unspecified atom stereocenters. The van der Waals surface area contributed by atoms with Gasteiger partial charge in [-0.05, 0) is 50.7 Å². The summed E-state index contributed by atoms with van der Waals surface area (Å²) in [5.41, 5.74) is -0.0865. The first-order valence-electron chi connectivity index (χ1n) is 13.2. The van der Waals surface area contributed by atoms with Crippen LogP contribution in [0.5, 0.6) is 5.75 Å². The molecule has 0 radical (unpaired) electrons. The highest BCUT2D eigenvalue weighted by molar-refractivity contribution is 7.12. The zero-order valence-electron chi connectivity index (χ0n) is 21.9. The molecule has 0 bridgehead atoms. The summed E-state index contributed by atoms with van der Waals surface area (Å²) in [5.74, 6) is -5.52. The van der Waals surface area contributed by atoms with Gasteiger partial charge in [0, 0.05) is 25.1 Å². The zero-order valence-corrected chi connectivity index (χ0v) is 22.7. The van der Waals surface area contributed by atoms with Crippen molar-refractivity contribution in [1.82, 2.24) is 20.0 Å². The maximum absolute atomic E-state index is 14.7. The molecule has 1 aliphatic carbocycles. The number of halogens is 7. The van der Waals surface area contributed by atoms with E-state index in [-0.39, 0.29) is 87.0 Å². The number of nitrogens with zero attached hydrogens (tertiary/aromatic N) is 3. The first-order valence-corrected chi connectivity index (χ1v) is 14.0. The van der Waals surface area contributed by atoms with Crippen molar-refractivity contribution >= 4 is 17.2 Å². The number of carbonyl (C=O) groups excluding carboxylic acids is 1. The van der Waals surface area contributed by atoms with E-state index in [9.17, 15) is 40.3 Å². The number of alkyl halides is 6. The van der Waals surface area contributed by atoms with Gasteiger partial charge in [-0.1, -0.05) is 5.16 Å². The molecular formula is C26H25F7N4O4S. The van der Waals surface area contributed by atoms with Gasteiger partial charge < -0.3 is 9.64 Å². The van der Waals surface area contributed by atoms with E-state index in [0.717, 1.165) is 17.4 Å². The highest BCUT2D eigenvalue weighted by Gasteiger charge is 2.43. The SMILES string of the molecule is O=C(c1nc([C@H]2CC[C@H](C(F)(F)F)CC2)sc1COc1ccc(-c2noc(=O)[nH]2)c(F)c1)N1CCC(C(F)(F)F)CC1. The maximum Gasteiger partial charge on any atom is 0.439 e. The molecule has 1 saturated carbocycles. The lowest BCUT2D eigenvalue weighted by molar-refractivity contribution is -0.184. The Labute approximate surface area is 237 Å². The minimum atomic E-state index is -4.36. The van der Waals surface area contributed by atoms with Crippen LogP contribution >= 0.6 is 11.3 Å². The van der Waals surface area contributed by atoms with E-state index in [4.69, 9.17) is 4.74 Å². The first kappa shape index (κ1) is 30.0. The fourth-order valence-electron chi connectivity index (χ4n) is 5.31. The van der Waals surface area contributed by atoms with Gasteiger partial charge in [0.1, 0.15) is 23.9 Å². The monoisotopic (exact) mass is 622 g/mol. The molecule has 0 atom stereocenters. The van der Waals surface area contributed by atoms with Crippen molar-refractivity contribution in [2.75, 3.05) is 13.1 Å². The highest BCUT2D eigenvalue weighted by Crippen LogP contribution is 2.44. The predicted octanol–water partition coefficient (Wildman–Crippen LogP) is 6.46. The molecule has 228 valence electrons. The van der Waals surface area contributed by atoms with Crippen molar-refractivity contribution in [3.63, 3.8) is 0 Å². The fourth-order valence-corrected chi connectivity index (χ4v) is 6.45. The van der Waals surface area contributed by atoms with Crippen molar-refractivity contribution in [3.8, 4) is 17.1 Å². The van der Waals surface area contributed by atoms with Crippen LogP contribution in [0.1, 0.15) is 64.8 Å². The Morgan fingerprint density at radius 2 is 1.67 bits per heavy atom. The van der Waals surface area contributed by atoms with Crippen molar-refractivity contribution in [2.24, 2.45) is 11.8 Å². The number of amides is 1. The third kappa shape index (κ3) is 6.63. The summed E-state index contributed by atoms with van der Waals surface area (Å²) in [4.78, 5) is 32.9. The Morgan fingerprint density at radius 3 is 2.24 bits per heavy atom. The summed E-state index contributed by atoms with van der Waals surface area (Å²) in [7, 11) is 0. The van der Waals surface area contributed by atoms with Gasteiger partial charge in [0.05, 0.1) is 27.3 Å². The lowest BCUT2D eigenvalue weighted by Crippen LogP contribution is -2.42. The summed E-state index contributed by atoms with van der Waals surface area (Å²) >= 11 is 1.10. The lowest BCUT2D eigenvalue weighted by atomic mass is 9.82. The van der Waals surface area contributed by atoms with E-state index in [0.29, 0.717) is 9.88 Å². The van der Waals surface area contributed by atoms with Crippen LogP contribution in [0.25, 0.3) is 11.4 Å². The van der Waals surface area contributed by atoms with E-state index in [1.165, 1.54) is 17.0 Å². The van der Waals surface area contributed by atoms with Crippen LogP contribution in [0.3, 0.4) is 0 Å². The van der Waals surface area contributed by atoms with Crippen LogP contribution in [0.15, 0.2) is 27.5 Å². The van der Waals surface area contributed by atoms with Gasteiger partial charge >= 0.3 is 18.1 Å². The third-order valence-corrected chi connectivity index (χ3v) is 8.90. The number of benzene rings is 1. The number of hydrogen-bond donors (Lipinski definition) is 1. The average Bonchev–Trinajstić information content (AvgIpc) is 3.57. The van der Waals surface area contributed by atoms with Crippen molar-refractivity contribution in [3.05, 3.63) is 50.1 Å². The minimum Gasteiger partial charge on any atom is -0.488 e. The molecule has 1 N–H and O–H groups in total. The molecule has 1 aromatic carbocycles. The molecule has 1 aliphatic heterocycles. The van der Waals surface area contributed by atoms with E-state index in [1.54, 1.807) is 0 Å². The molecule has 0 spiro atoms. The number of aromatic amines is 1. The molecule has 16 heteroatoms. The molecular weight excluding hydrogens is 597 g/mol. The number of carbonyl (C=O) groups is 1. The molecule has 3 aromatic rings. The van der Waals surface area contributed by atoms with Crippen LogP contribution in [-0.4, -0.2) is 51.4 Å². The van der Waals surface area contributed by atoms with Gasteiger partial charge in [0.2, 0.25) is 0 Å². The standard InChI is InChI=1S/C26H25F7N4O4S/c27-18-11-16(5-6-17(18)21-35-24(39)41-36-21)40-12-19-20(23(38)37-9-7-15(8-10-37)26(31,32)33)34-22(42-19)13-1-3-14(4-2-13)25(28,29)30/h5-6,11,13-15H,1-4,7-10,12H2,(H,35,36,39)/t13-,14-. The Bertz CT molecular complexity index is 1470. The number of piperidine rings is 1. The number of aromatic nitrogens is 3. The summed E-state index contributed by atoms with van der Waals surface area (Å²) in [5, 5.41) is 3.89. The molecule has 5 rings (SSSR count). The number of likely N-dealkylation sites (tertiary alicyclic amines) is 1. The molecule has 2 aromatic heterocycles. The second-order valence-corrected chi connectivity index (χ2v) is 11.5. The first-order chi connectivity index (χ1) is 19.8. The van der Waals surface area contributed by atoms with Crippen molar-refractivity contribution in [2.45, 2.75) is 63.4 Å². The van der Waals surface area contributed by atoms with Crippen molar-refractivity contribution < 1.29 is 44.8 Å². The van der Waals surface area contributed by atoms with Crippen LogP contribution < -0.4 is 10.5 Å². The summed E-state index contributed by atoms with van der Waals surface area (Å²) in [6.07, 6.45) is -8.84. The molecule has 1 amide bonds. The second-order valence-electron chi connectivity index (χ2n) is 10.4. The molecule has 1 saturated heterocycles. The van der Waals surface area contributed by atoms with Crippen LogP contribution in [0.2, 0.25) is 0 Å². The van der Waals surface area contributed by atoms with Crippen molar-refractivity contribution in [1.29, 1.82) is 0 Å². The Morgan fingerprint density at radius 1 is 1.02 bits per heavy atom. The van der Waals surface area contributed by atoms with E-state index < -0.39 is 41.7 Å². The molecule has 2 aliphatic rings. The Hall–Kier alpha value is -3.43. The Kier molecular flexibility index (Phi) is 8.36. The zero-order chi connectivity index (χ0) is 30.2. The quantitative estimate of drug-likeness (QED) is 0.317. The normalized spacial score (nSPS) is 20.6. The lowest BCUT2D eigenvalue weighted by Gasteiger charge is -2.32. The van der Waals surface area contributed by atoms with Gasteiger partial charge in [-0.2, -0.15) is 26.3 Å². The molecule has 8 nitrogen and oxygen atoms in total. The molecule has 3 heterocycles. The van der Waals surface area contributed by atoms with E-state index >= 15 is 0 Å². The van der Waals surface area contributed by atoms with Crippen LogP contribution in [0, 0.1) is 17.7 Å². The van der Waals surface area contributed by atoms with Gasteiger partial charge in [0.25, 0.3) is 5.91 Å². The molecule has 2 fully saturated rings. The number of thiazole rings is 1. The molecule has 42 heavy (non-hydrogen) atoms. The predicted molar refractivity (Wildman–Crippen MR) is 134 cm³/mol. The highest BCUT2D eigenvalue weighted by atomic mass is 32.1. The number of rotatable bonds is 6. The van der Waals surface area contributed by atoms with Gasteiger partial charge in [-0.15, -0.1) is 11.3 Å². The maximum atomic E-state index is 14.7. The number of ether oxygens (including phenoxy) is 1. The number of hydrogen-bond acceptors (Lipinski definition) is 7. The topological polar surface area (TPSA) is 101 Å². The van der Waals surface area contributed by atoms with Gasteiger partial charge in [-0.3, -0.25) is 14.3 Å². The van der Waals surface area contributed by atoms with Gasteiger partial charge in [-0.25, -0.2) is 14.2 Å². The minimum absolute atomic E-state index is 0.0318. The Balaban J connectivity index is 1.34. The largest absolute Gasteiger partial charge is 0.488 e. The fraction of sp³-hybridized carbons (Fsp3) is 0.538. The van der Waals surface area contributed by atoms with E-state index in [2.05, 4.69) is 19.6 Å². The summed E-state index contributed by atoms with van der Waals surface area (Å²) in [6, 6.07) is 3.73. The average molecular weight is 623 g/mol. The third-order valence-electron chi connectivity index (χ3n) is 7.71. The van der Waals surface area contributed by atoms with Gasteiger partial charge in [0.15, 0.2) is 5.82 Å². The summed E-state index contributed by atoms with van der Waals surface area (Å²) in [6.45, 7) is -0.484. The summed E-state index contributed by atoms with van der Waals surface area (Å²) < 4.78 is 104. The van der Waals surface area contributed by atoms with E-state index in [1.807, 2.05) is 0 Å². The van der Waals surface area contributed by atoms with Crippen LogP contribution in [-0.2, 0) is 6.61 Å². The smallest absolute Gasteiger partial charge is 0.439 e.